The SMILES string of the molecule is CC(C)S(=O)(=O)c1ccc(S(=O)(=O)n2nc(N3CCN(c4ncc(F)cc4F)CC34CC4)c3c(Cl)cccc32)s1. The van der Waals surface area contributed by atoms with Crippen molar-refractivity contribution in [1.29, 1.82) is 0 Å². The standard InChI is InChI=1S/C25H24ClF2N5O4S3/c1-15(2)39(34,35)20-6-7-21(38-20)40(36,37)33-19-5-3-4-17(26)22(19)24(30-33)32-11-10-31(14-25(32)8-9-25)23-18(28)12-16(27)13-29-23/h3-7,12-13,15H,8-11,14H2,1-2H3. The number of halogens is 3. The first-order chi connectivity index (χ1) is 18.8. The minimum absolute atomic E-state index is 0.0366. The van der Waals surface area contributed by atoms with Crippen molar-refractivity contribution < 1.29 is 25.6 Å². The minimum atomic E-state index is -4.28. The second kappa shape index (κ2) is 9.36. The van der Waals surface area contributed by atoms with E-state index in [1.807, 2.05) is 4.90 Å². The summed E-state index contributed by atoms with van der Waals surface area (Å²) >= 11 is 7.29. The van der Waals surface area contributed by atoms with Gasteiger partial charge in [0.25, 0.3) is 10.0 Å². The molecule has 1 spiro atoms. The van der Waals surface area contributed by atoms with E-state index in [1.165, 1.54) is 26.0 Å². The van der Waals surface area contributed by atoms with Crippen molar-refractivity contribution in [3.63, 3.8) is 0 Å². The van der Waals surface area contributed by atoms with Crippen LogP contribution in [0.2, 0.25) is 5.02 Å². The number of rotatable bonds is 6. The third-order valence-electron chi connectivity index (χ3n) is 7.37. The zero-order chi connectivity index (χ0) is 28.6. The number of hydrogen-bond donors (Lipinski definition) is 0. The van der Waals surface area contributed by atoms with Gasteiger partial charge in [-0.15, -0.1) is 16.4 Å². The van der Waals surface area contributed by atoms with Crippen molar-refractivity contribution in [1.82, 2.24) is 14.2 Å². The maximum atomic E-state index is 14.5. The van der Waals surface area contributed by atoms with Crippen molar-refractivity contribution in [2.45, 2.75) is 45.9 Å². The Hall–Kier alpha value is -2.81. The van der Waals surface area contributed by atoms with Crippen LogP contribution in [-0.4, -0.2) is 61.4 Å². The third kappa shape index (κ3) is 4.27. The van der Waals surface area contributed by atoms with Crippen LogP contribution in [0, 0.1) is 11.6 Å². The summed E-state index contributed by atoms with van der Waals surface area (Å²) in [5.74, 6) is -1.06. The third-order valence-corrected chi connectivity index (χ3v) is 13.5. The van der Waals surface area contributed by atoms with Gasteiger partial charge in [-0.25, -0.2) is 22.2 Å². The minimum Gasteiger partial charge on any atom is -0.350 e. The summed E-state index contributed by atoms with van der Waals surface area (Å²) in [5, 5.41) is 4.62. The maximum Gasteiger partial charge on any atom is 0.293 e. The topological polar surface area (TPSA) is 105 Å². The number of anilines is 2. The Morgan fingerprint density at radius 1 is 1.02 bits per heavy atom. The Kier molecular flexibility index (Phi) is 6.40. The van der Waals surface area contributed by atoms with Gasteiger partial charge in [0.2, 0.25) is 0 Å². The van der Waals surface area contributed by atoms with Crippen LogP contribution in [0.1, 0.15) is 26.7 Å². The highest BCUT2D eigenvalue weighted by Gasteiger charge is 2.53. The van der Waals surface area contributed by atoms with Gasteiger partial charge in [-0.3, -0.25) is 0 Å². The van der Waals surface area contributed by atoms with E-state index in [0.717, 1.165) is 29.2 Å². The molecule has 2 fully saturated rings. The summed E-state index contributed by atoms with van der Waals surface area (Å²) in [6.45, 7) is 4.16. The quantitative estimate of drug-likeness (QED) is 0.303. The van der Waals surface area contributed by atoms with Gasteiger partial charge in [-0.05, 0) is 51.0 Å². The average molecular weight is 628 g/mol. The molecule has 2 aliphatic rings. The second-order valence-corrected chi connectivity index (χ2v) is 16.4. The predicted octanol–water partition coefficient (Wildman–Crippen LogP) is 4.70. The van der Waals surface area contributed by atoms with Gasteiger partial charge in [0.1, 0.15) is 14.2 Å². The molecular weight excluding hydrogens is 604 g/mol. The summed E-state index contributed by atoms with van der Waals surface area (Å²) in [6.07, 6.45) is 2.48. The molecule has 1 saturated carbocycles. The van der Waals surface area contributed by atoms with Crippen LogP contribution in [0.3, 0.4) is 0 Å². The largest absolute Gasteiger partial charge is 0.350 e. The summed E-state index contributed by atoms with van der Waals surface area (Å²) in [5.41, 5.74) is -0.203. The lowest BCUT2D eigenvalue weighted by molar-refractivity contribution is 0.489. The first kappa shape index (κ1) is 27.4. The van der Waals surface area contributed by atoms with Crippen LogP contribution < -0.4 is 9.80 Å². The van der Waals surface area contributed by atoms with Crippen molar-refractivity contribution in [2.75, 3.05) is 29.4 Å². The van der Waals surface area contributed by atoms with Gasteiger partial charge in [0, 0.05) is 25.7 Å². The molecule has 6 rings (SSSR count). The number of pyridine rings is 1. The number of benzene rings is 1. The molecule has 0 radical (unpaired) electrons. The van der Waals surface area contributed by atoms with Gasteiger partial charge >= 0.3 is 0 Å². The summed E-state index contributed by atoms with van der Waals surface area (Å²) in [4.78, 5) is 7.72. The van der Waals surface area contributed by atoms with Crippen molar-refractivity contribution >= 4 is 65.3 Å². The Morgan fingerprint density at radius 3 is 2.42 bits per heavy atom. The molecule has 4 aromatic rings. The molecule has 212 valence electrons. The normalized spacial score (nSPS) is 17.4. The van der Waals surface area contributed by atoms with Crippen LogP contribution in [-0.2, 0) is 19.9 Å². The van der Waals surface area contributed by atoms with E-state index in [9.17, 15) is 25.6 Å². The molecule has 1 aliphatic carbocycles. The van der Waals surface area contributed by atoms with Crippen LogP contribution in [0.4, 0.5) is 20.4 Å². The van der Waals surface area contributed by atoms with Gasteiger partial charge < -0.3 is 9.80 Å². The zero-order valence-electron chi connectivity index (χ0n) is 21.4. The van der Waals surface area contributed by atoms with E-state index in [1.54, 1.807) is 23.1 Å². The molecule has 0 unspecified atom stereocenters. The van der Waals surface area contributed by atoms with Crippen LogP contribution in [0.25, 0.3) is 10.9 Å². The molecule has 0 amide bonds. The molecule has 1 aliphatic heterocycles. The Morgan fingerprint density at radius 2 is 1.75 bits per heavy atom. The van der Waals surface area contributed by atoms with Crippen LogP contribution >= 0.6 is 22.9 Å². The van der Waals surface area contributed by atoms with Crippen LogP contribution in [0.5, 0.6) is 0 Å². The maximum absolute atomic E-state index is 14.5. The first-order valence-corrected chi connectivity index (χ1v) is 16.6. The fourth-order valence-corrected chi connectivity index (χ4v) is 9.89. The Labute approximate surface area is 239 Å². The summed E-state index contributed by atoms with van der Waals surface area (Å²) in [7, 11) is -7.94. The number of aromatic nitrogens is 3. The monoisotopic (exact) mass is 627 g/mol. The molecular formula is C25H24ClF2N5O4S3. The summed E-state index contributed by atoms with van der Waals surface area (Å²) in [6, 6.07) is 8.25. The second-order valence-electron chi connectivity index (χ2n) is 10.2. The number of fused-ring (bicyclic) bond motifs is 1. The lowest BCUT2D eigenvalue weighted by Gasteiger charge is -2.43. The van der Waals surface area contributed by atoms with Crippen LogP contribution in [0.15, 0.2) is 51.0 Å². The molecule has 9 nitrogen and oxygen atoms in total. The van der Waals surface area contributed by atoms with Gasteiger partial charge in [0.05, 0.1) is 32.9 Å². The highest BCUT2D eigenvalue weighted by atomic mass is 35.5. The Bertz CT molecular complexity index is 1870. The zero-order valence-corrected chi connectivity index (χ0v) is 24.6. The van der Waals surface area contributed by atoms with E-state index >= 15 is 0 Å². The van der Waals surface area contributed by atoms with E-state index < -0.39 is 42.3 Å². The van der Waals surface area contributed by atoms with E-state index in [2.05, 4.69) is 10.1 Å². The smallest absolute Gasteiger partial charge is 0.293 e. The summed E-state index contributed by atoms with van der Waals surface area (Å²) < 4.78 is 81.6. The number of piperazine rings is 1. The lowest BCUT2D eigenvalue weighted by atomic mass is 10.1. The molecule has 4 heterocycles. The highest BCUT2D eigenvalue weighted by molar-refractivity contribution is 7.95. The first-order valence-electron chi connectivity index (χ1n) is 12.5. The van der Waals surface area contributed by atoms with E-state index in [0.29, 0.717) is 47.2 Å². The van der Waals surface area contributed by atoms with Crippen molar-refractivity contribution in [3.05, 3.63) is 59.3 Å². The molecule has 15 heteroatoms. The lowest BCUT2D eigenvalue weighted by Crippen LogP contribution is -2.56. The van der Waals surface area contributed by atoms with Gasteiger partial charge in [0.15, 0.2) is 27.3 Å². The molecule has 3 aromatic heterocycles. The molecule has 0 bridgehead atoms. The highest BCUT2D eigenvalue weighted by Crippen LogP contribution is 2.49. The van der Waals surface area contributed by atoms with E-state index in [4.69, 9.17) is 11.6 Å². The fourth-order valence-electron chi connectivity index (χ4n) is 5.07. The number of thiophene rings is 1. The molecule has 40 heavy (non-hydrogen) atoms. The molecule has 0 N–H and O–H groups in total. The molecule has 1 saturated heterocycles. The Balaban J connectivity index is 1.41. The number of nitrogens with zero attached hydrogens (tertiary/aromatic N) is 5. The number of hydrogen-bond acceptors (Lipinski definition) is 9. The van der Waals surface area contributed by atoms with Crippen molar-refractivity contribution in [3.8, 4) is 0 Å². The van der Waals surface area contributed by atoms with Gasteiger partial charge in [-0.2, -0.15) is 12.5 Å². The fraction of sp³-hybridized carbons (Fsp3) is 0.360. The molecule has 1 aromatic carbocycles. The van der Waals surface area contributed by atoms with Crippen molar-refractivity contribution in [2.24, 2.45) is 0 Å². The number of sulfone groups is 1. The van der Waals surface area contributed by atoms with Gasteiger partial charge in [-0.1, -0.05) is 17.7 Å². The molecule has 0 atom stereocenters. The van der Waals surface area contributed by atoms with E-state index in [-0.39, 0.29) is 19.8 Å². The average Bonchev–Trinajstić information content (AvgIpc) is 3.29. The predicted molar refractivity (Wildman–Crippen MR) is 150 cm³/mol.